The standard InChI is InChI=1S/C21H35N3O2.HI/c1-21(2,3)19(25-5)13-23-20(22-4)24-12-11-18(14-24)16-26-15-17-9-7-6-8-10-17;/h6-10,18-19H,11-16H2,1-5H3,(H,22,23);1H. The Morgan fingerprint density at radius 2 is 2.00 bits per heavy atom. The van der Waals surface area contributed by atoms with Gasteiger partial charge in [0.25, 0.3) is 0 Å². The first kappa shape index (κ1) is 24.2. The van der Waals surface area contributed by atoms with Gasteiger partial charge in [-0.05, 0) is 17.4 Å². The highest BCUT2D eigenvalue weighted by Gasteiger charge is 2.28. The Balaban J connectivity index is 0.00000364. The maximum atomic E-state index is 5.92. The molecular weight excluding hydrogens is 453 g/mol. The van der Waals surface area contributed by atoms with Crippen LogP contribution >= 0.6 is 24.0 Å². The van der Waals surface area contributed by atoms with Gasteiger partial charge in [-0.15, -0.1) is 24.0 Å². The lowest BCUT2D eigenvalue weighted by atomic mass is 9.89. The topological polar surface area (TPSA) is 46.1 Å². The van der Waals surface area contributed by atoms with E-state index in [-0.39, 0.29) is 35.5 Å². The second-order valence-electron chi connectivity index (χ2n) is 8.12. The van der Waals surface area contributed by atoms with Crippen molar-refractivity contribution >= 4 is 29.9 Å². The van der Waals surface area contributed by atoms with Crippen LogP contribution in [0.5, 0.6) is 0 Å². The highest BCUT2D eigenvalue weighted by atomic mass is 127. The van der Waals surface area contributed by atoms with Crippen LogP contribution in [0.1, 0.15) is 32.8 Å². The van der Waals surface area contributed by atoms with E-state index in [1.165, 1.54) is 5.56 Å². The number of halogens is 1. The van der Waals surface area contributed by atoms with Crippen molar-refractivity contribution in [1.29, 1.82) is 0 Å². The van der Waals surface area contributed by atoms with Crippen LogP contribution in [0.3, 0.4) is 0 Å². The summed E-state index contributed by atoms with van der Waals surface area (Å²) < 4.78 is 11.6. The number of likely N-dealkylation sites (tertiary alicyclic amines) is 1. The highest BCUT2D eigenvalue weighted by molar-refractivity contribution is 14.0. The molecule has 0 aromatic heterocycles. The number of ether oxygens (including phenoxy) is 2. The summed E-state index contributed by atoms with van der Waals surface area (Å²) in [5.41, 5.74) is 1.33. The molecule has 0 amide bonds. The molecule has 154 valence electrons. The zero-order valence-electron chi connectivity index (χ0n) is 17.4. The smallest absolute Gasteiger partial charge is 0.193 e. The molecule has 0 aliphatic carbocycles. The number of aliphatic imine (C=N–C) groups is 1. The van der Waals surface area contributed by atoms with Gasteiger partial charge in [-0.1, -0.05) is 51.1 Å². The summed E-state index contributed by atoms with van der Waals surface area (Å²) in [6.45, 7) is 10.8. The Morgan fingerprint density at radius 1 is 1.30 bits per heavy atom. The SMILES string of the molecule is CN=C(NCC(OC)C(C)(C)C)N1CCC(COCc2ccccc2)C1.I. The van der Waals surface area contributed by atoms with E-state index < -0.39 is 0 Å². The molecule has 0 spiro atoms. The van der Waals surface area contributed by atoms with E-state index in [2.05, 4.69) is 60.2 Å². The molecule has 2 unspecified atom stereocenters. The molecule has 1 heterocycles. The summed E-state index contributed by atoms with van der Waals surface area (Å²) >= 11 is 0. The van der Waals surface area contributed by atoms with Crippen LogP contribution in [-0.4, -0.2) is 57.4 Å². The number of nitrogens with zero attached hydrogens (tertiary/aromatic N) is 2. The second kappa shape index (κ2) is 11.9. The largest absolute Gasteiger partial charge is 0.379 e. The van der Waals surface area contributed by atoms with Crippen LogP contribution in [0.2, 0.25) is 0 Å². The molecule has 6 heteroatoms. The summed E-state index contributed by atoms with van der Waals surface area (Å²) in [4.78, 5) is 6.78. The molecule has 27 heavy (non-hydrogen) atoms. The van der Waals surface area contributed by atoms with Gasteiger partial charge in [0.05, 0.1) is 19.3 Å². The summed E-state index contributed by atoms with van der Waals surface area (Å²) in [5.74, 6) is 1.51. The molecule has 2 atom stereocenters. The summed E-state index contributed by atoms with van der Waals surface area (Å²) in [6, 6.07) is 10.3. The van der Waals surface area contributed by atoms with Crippen LogP contribution in [0, 0.1) is 11.3 Å². The third-order valence-electron chi connectivity index (χ3n) is 4.96. The maximum absolute atomic E-state index is 5.92. The number of methoxy groups -OCH3 is 1. The van der Waals surface area contributed by atoms with Gasteiger partial charge in [-0.2, -0.15) is 0 Å². The normalized spacial score (nSPS) is 18.9. The third kappa shape index (κ3) is 7.95. The van der Waals surface area contributed by atoms with Crippen molar-refractivity contribution in [2.24, 2.45) is 16.3 Å². The number of nitrogens with one attached hydrogen (secondary N) is 1. The fraction of sp³-hybridized carbons (Fsp3) is 0.667. The summed E-state index contributed by atoms with van der Waals surface area (Å²) in [5, 5.41) is 3.48. The molecule has 0 saturated carbocycles. The first-order valence-corrected chi connectivity index (χ1v) is 9.54. The molecule has 1 aromatic rings. The van der Waals surface area contributed by atoms with Gasteiger partial charge >= 0.3 is 0 Å². The van der Waals surface area contributed by atoms with Crippen molar-refractivity contribution < 1.29 is 9.47 Å². The van der Waals surface area contributed by atoms with E-state index in [9.17, 15) is 0 Å². The van der Waals surface area contributed by atoms with Gasteiger partial charge in [-0.3, -0.25) is 4.99 Å². The fourth-order valence-corrected chi connectivity index (χ4v) is 3.34. The lowest BCUT2D eigenvalue weighted by Crippen LogP contribution is -2.46. The zero-order valence-corrected chi connectivity index (χ0v) is 19.7. The van der Waals surface area contributed by atoms with E-state index in [0.29, 0.717) is 12.5 Å². The molecule has 1 aliphatic rings. The Hall–Kier alpha value is -0.860. The number of guanidine groups is 1. The molecule has 1 fully saturated rings. The average molecular weight is 489 g/mol. The molecule has 2 rings (SSSR count). The van der Waals surface area contributed by atoms with Crippen molar-refractivity contribution in [2.45, 2.75) is 39.9 Å². The van der Waals surface area contributed by atoms with E-state index in [1.54, 1.807) is 7.11 Å². The molecule has 1 aliphatic heterocycles. The van der Waals surface area contributed by atoms with Gasteiger partial charge in [-0.25, -0.2) is 0 Å². The lowest BCUT2D eigenvalue weighted by Gasteiger charge is -2.31. The molecule has 1 N–H and O–H groups in total. The molecular formula is C21H36IN3O2. The molecule has 1 aromatic carbocycles. The van der Waals surface area contributed by atoms with E-state index in [0.717, 1.165) is 38.6 Å². The van der Waals surface area contributed by atoms with Crippen molar-refractivity contribution in [3.8, 4) is 0 Å². The van der Waals surface area contributed by atoms with Crippen LogP contribution in [0.4, 0.5) is 0 Å². The quantitative estimate of drug-likeness (QED) is 0.360. The monoisotopic (exact) mass is 489 g/mol. The first-order valence-electron chi connectivity index (χ1n) is 9.54. The minimum Gasteiger partial charge on any atom is -0.379 e. The van der Waals surface area contributed by atoms with Crippen molar-refractivity contribution in [3.05, 3.63) is 35.9 Å². The van der Waals surface area contributed by atoms with Gasteiger partial charge in [0, 0.05) is 39.7 Å². The first-order chi connectivity index (χ1) is 12.4. The van der Waals surface area contributed by atoms with Crippen LogP contribution in [0.15, 0.2) is 35.3 Å². The maximum Gasteiger partial charge on any atom is 0.193 e. The lowest BCUT2D eigenvalue weighted by molar-refractivity contribution is 0.0201. The number of benzene rings is 1. The van der Waals surface area contributed by atoms with E-state index in [4.69, 9.17) is 9.47 Å². The van der Waals surface area contributed by atoms with Gasteiger partial charge in [0.2, 0.25) is 0 Å². The van der Waals surface area contributed by atoms with Crippen LogP contribution in [0.25, 0.3) is 0 Å². The summed E-state index contributed by atoms with van der Waals surface area (Å²) in [6.07, 6.45) is 1.29. The van der Waals surface area contributed by atoms with Crippen LogP contribution in [-0.2, 0) is 16.1 Å². The molecule has 0 radical (unpaired) electrons. The Labute approximate surface area is 181 Å². The Kier molecular flexibility index (Phi) is 10.6. The van der Waals surface area contributed by atoms with Gasteiger partial charge in [0.1, 0.15) is 0 Å². The van der Waals surface area contributed by atoms with Crippen LogP contribution < -0.4 is 5.32 Å². The molecule has 5 nitrogen and oxygen atoms in total. The Bertz CT molecular complexity index is 560. The highest BCUT2D eigenvalue weighted by Crippen LogP contribution is 2.21. The summed E-state index contributed by atoms with van der Waals surface area (Å²) in [7, 11) is 3.62. The number of hydrogen-bond acceptors (Lipinski definition) is 3. The van der Waals surface area contributed by atoms with Crippen molar-refractivity contribution in [2.75, 3.05) is 40.4 Å². The second-order valence-corrected chi connectivity index (χ2v) is 8.12. The zero-order chi connectivity index (χ0) is 19.0. The molecule has 1 saturated heterocycles. The minimum absolute atomic E-state index is 0. The van der Waals surface area contributed by atoms with Crippen molar-refractivity contribution in [1.82, 2.24) is 10.2 Å². The van der Waals surface area contributed by atoms with Gasteiger partial charge < -0.3 is 19.7 Å². The predicted molar refractivity (Wildman–Crippen MR) is 123 cm³/mol. The Morgan fingerprint density at radius 3 is 2.59 bits per heavy atom. The van der Waals surface area contributed by atoms with E-state index in [1.807, 2.05) is 13.1 Å². The molecule has 0 bridgehead atoms. The van der Waals surface area contributed by atoms with Crippen molar-refractivity contribution in [3.63, 3.8) is 0 Å². The predicted octanol–water partition coefficient (Wildman–Crippen LogP) is 3.78. The number of hydrogen-bond donors (Lipinski definition) is 1. The fourth-order valence-electron chi connectivity index (χ4n) is 3.34. The minimum atomic E-state index is 0. The average Bonchev–Trinajstić information content (AvgIpc) is 3.07. The van der Waals surface area contributed by atoms with E-state index >= 15 is 0 Å². The third-order valence-corrected chi connectivity index (χ3v) is 4.96. The number of rotatable bonds is 7. The van der Waals surface area contributed by atoms with Gasteiger partial charge in [0.15, 0.2) is 5.96 Å².